The number of benzene rings is 2. The normalized spacial score (nSPS) is 14.7. The SMILES string of the molecule is COC(=O)c1sc(N2C(=O)c3oc4ccc(C)cc4c(=O)c3C2c2ccc(OCC(C)C)c(OC)c2)nc1C. The first kappa shape index (κ1) is 26.4. The molecular formula is C29H28N2O7S. The van der Waals surface area contributed by atoms with Crippen molar-refractivity contribution in [3.8, 4) is 11.5 Å². The molecule has 4 aromatic rings. The molecule has 1 aliphatic heterocycles. The number of amides is 1. The lowest BCUT2D eigenvalue weighted by Gasteiger charge is -2.23. The molecule has 9 nitrogen and oxygen atoms in total. The van der Waals surface area contributed by atoms with E-state index in [-0.39, 0.29) is 26.8 Å². The molecule has 2 aromatic heterocycles. The largest absolute Gasteiger partial charge is 0.493 e. The summed E-state index contributed by atoms with van der Waals surface area (Å²) < 4.78 is 22.5. The highest BCUT2D eigenvalue weighted by Gasteiger charge is 2.45. The Hall–Kier alpha value is -4.18. The smallest absolute Gasteiger partial charge is 0.350 e. The third-order valence-electron chi connectivity index (χ3n) is 6.46. The van der Waals surface area contributed by atoms with Gasteiger partial charge in [0.2, 0.25) is 5.76 Å². The standard InChI is InChI=1S/C29H28N2O7S/c1-14(2)13-37-20-10-8-17(12-21(20)35-5)23-22-24(32)18-11-15(3)7-9-19(18)38-25(22)27(33)31(23)29-30-16(4)26(39-29)28(34)36-6/h7-12,14,23H,13H2,1-6H3. The van der Waals surface area contributed by atoms with Gasteiger partial charge in [-0.25, -0.2) is 9.78 Å². The predicted octanol–water partition coefficient (Wildman–Crippen LogP) is 5.45. The van der Waals surface area contributed by atoms with E-state index < -0.39 is 17.9 Å². The molecule has 10 heteroatoms. The minimum absolute atomic E-state index is 0.0621. The van der Waals surface area contributed by atoms with Crippen LogP contribution in [-0.2, 0) is 4.74 Å². The Bertz CT molecular complexity index is 1670. The van der Waals surface area contributed by atoms with Gasteiger partial charge in [0.1, 0.15) is 10.5 Å². The van der Waals surface area contributed by atoms with E-state index in [0.29, 0.717) is 46.3 Å². The van der Waals surface area contributed by atoms with Gasteiger partial charge < -0.3 is 18.6 Å². The Labute approximate surface area is 228 Å². The number of methoxy groups -OCH3 is 2. The number of thiazole rings is 1. The maximum Gasteiger partial charge on any atom is 0.350 e. The highest BCUT2D eigenvalue weighted by atomic mass is 32.1. The van der Waals surface area contributed by atoms with Gasteiger partial charge in [0.15, 0.2) is 22.1 Å². The van der Waals surface area contributed by atoms with Crippen molar-refractivity contribution in [2.75, 3.05) is 25.7 Å². The highest BCUT2D eigenvalue weighted by molar-refractivity contribution is 7.17. The Balaban J connectivity index is 1.73. The molecule has 0 N–H and O–H groups in total. The Morgan fingerprint density at radius 1 is 1.10 bits per heavy atom. The zero-order valence-corrected chi connectivity index (χ0v) is 23.3. The van der Waals surface area contributed by atoms with Crippen LogP contribution in [0.4, 0.5) is 5.13 Å². The second-order valence-electron chi connectivity index (χ2n) is 9.77. The maximum absolute atomic E-state index is 13.9. The van der Waals surface area contributed by atoms with Crippen molar-refractivity contribution in [2.45, 2.75) is 33.7 Å². The molecule has 0 spiro atoms. The summed E-state index contributed by atoms with van der Waals surface area (Å²) in [5.74, 6) is 0.168. The molecule has 0 fully saturated rings. The quantitative estimate of drug-likeness (QED) is 0.281. The van der Waals surface area contributed by atoms with Gasteiger partial charge >= 0.3 is 5.97 Å². The number of nitrogens with zero attached hydrogens (tertiary/aromatic N) is 2. The lowest BCUT2D eigenvalue weighted by atomic mass is 9.98. The predicted molar refractivity (Wildman–Crippen MR) is 147 cm³/mol. The summed E-state index contributed by atoms with van der Waals surface area (Å²) in [4.78, 5) is 46.3. The molecule has 1 amide bonds. The highest BCUT2D eigenvalue weighted by Crippen LogP contribution is 2.45. The molecule has 1 atom stereocenters. The zero-order chi connectivity index (χ0) is 28.0. The summed E-state index contributed by atoms with van der Waals surface area (Å²) in [7, 11) is 2.82. The molecule has 0 bridgehead atoms. The van der Waals surface area contributed by atoms with Gasteiger partial charge in [-0.3, -0.25) is 14.5 Å². The number of aromatic nitrogens is 1. The first-order chi connectivity index (χ1) is 18.6. The van der Waals surface area contributed by atoms with Crippen LogP contribution in [0.2, 0.25) is 0 Å². The van der Waals surface area contributed by atoms with E-state index in [1.807, 2.05) is 26.8 Å². The van der Waals surface area contributed by atoms with E-state index in [4.69, 9.17) is 18.6 Å². The molecule has 3 heterocycles. The Morgan fingerprint density at radius 2 is 1.87 bits per heavy atom. The van der Waals surface area contributed by atoms with E-state index >= 15 is 0 Å². The fourth-order valence-electron chi connectivity index (χ4n) is 4.60. The van der Waals surface area contributed by atoms with E-state index in [0.717, 1.165) is 16.9 Å². The monoisotopic (exact) mass is 548 g/mol. The summed E-state index contributed by atoms with van der Waals surface area (Å²) in [6, 6.07) is 9.67. The summed E-state index contributed by atoms with van der Waals surface area (Å²) in [5.41, 5.74) is 2.11. The molecule has 0 radical (unpaired) electrons. The van der Waals surface area contributed by atoms with Gasteiger partial charge in [-0.05, 0) is 49.6 Å². The van der Waals surface area contributed by atoms with E-state index in [9.17, 15) is 14.4 Å². The molecule has 1 aliphatic rings. The minimum atomic E-state index is -0.877. The van der Waals surface area contributed by atoms with Crippen LogP contribution in [0.5, 0.6) is 11.5 Å². The average molecular weight is 549 g/mol. The number of anilines is 1. The second-order valence-corrected chi connectivity index (χ2v) is 10.7. The van der Waals surface area contributed by atoms with Crippen molar-refractivity contribution in [1.82, 2.24) is 4.98 Å². The van der Waals surface area contributed by atoms with E-state index in [1.165, 1.54) is 19.1 Å². The van der Waals surface area contributed by atoms with Crippen LogP contribution in [0.25, 0.3) is 11.0 Å². The number of hydrogen-bond donors (Lipinski definition) is 0. The molecule has 202 valence electrons. The van der Waals surface area contributed by atoms with Gasteiger partial charge in [-0.1, -0.05) is 42.9 Å². The van der Waals surface area contributed by atoms with Crippen LogP contribution in [0, 0.1) is 19.8 Å². The van der Waals surface area contributed by atoms with Crippen LogP contribution < -0.4 is 19.8 Å². The van der Waals surface area contributed by atoms with E-state index in [1.54, 1.807) is 37.3 Å². The number of carbonyl (C=O) groups is 2. The number of esters is 1. The lowest BCUT2D eigenvalue weighted by molar-refractivity contribution is 0.0605. The molecule has 0 aliphatic carbocycles. The number of rotatable bonds is 7. The second kappa shape index (κ2) is 10.2. The number of ether oxygens (including phenoxy) is 3. The van der Waals surface area contributed by atoms with Crippen molar-refractivity contribution in [2.24, 2.45) is 5.92 Å². The molecule has 1 unspecified atom stereocenters. The van der Waals surface area contributed by atoms with Gasteiger partial charge in [-0.2, -0.15) is 0 Å². The Kier molecular flexibility index (Phi) is 6.90. The fraction of sp³-hybridized carbons (Fsp3) is 0.310. The number of hydrogen-bond acceptors (Lipinski definition) is 9. The van der Waals surface area contributed by atoms with Crippen LogP contribution in [0.1, 0.15) is 62.5 Å². The van der Waals surface area contributed by atoms with E-state index in [2.05, 4.69) is 4.98 Å². The van der Waals surface area contributed by atoms with Crippen LogP contribution in [-0.4, -0.2) is 37.7 Å². The van der Waals surface area contributed by atoms with Gasteiger partial charge in [0, 0.05) is 0 Å². The first-order valence-corrected chi connectivity index (χ1v) is 13.2. The van der Waals surface area contributed by atoms with Crippen molar-refractivity contribution in [3.63, 3.8) is 0 Å². The van der Waals surface area contributed by atoms with Gasteiger partial charge in [-0.15, -0.1) is 0 Å². The number of carbonyl (C=O) groups excluding carboxylic acids is 2. The zero-order valence-electron chi connectivity index (χ0n) is 22.5. The molecule has 5 rings (SSSR count). The van der Waals surface area contributed by atoms with Crippen molar-refractivity contribution < 1.29 is 28.2 Å². The summed E-state index contributed by atoms with van der Waals surface area (Å²) in [6.45, 7) is 8.14. The third-order valence-corrected chi connectivity index (χ3v) is 7.60. The third kappa shape index (κ3) is 4.54. The van der Waals surface area contributed by atoms with Crippen LogP contribution >= 0.6 is 11.3 Å². The minimum Gasteiger partial charge on any atom is -0.493 e. The topological polar surface area (TPSA) is 108 Å². The molecular weight excluding hydrogens is 520 g/mol. The van der Waals surface area contributed by atoms with Crippen molar-refractivity contribution in [3.05, 3.63) is 79.6 Å². The lowest BCUT2D eigenvalue weighted by Crippen LogP contribution is -2.29. The molecule has 0 saturated carbocycles. The van der Waals surface area contributed by atoms with Crippen molar-refractivity contribution in [1.29, 1.82) is 0 Å². The van der Waals surface area contributed by atoms with Crippen molar-refractivity contribution >= 4 is 39.3 Å². The average Bonchev–Trinajstić information content (AvgIpc) is 3.44. The maximum atomic E-state index is 13.9. The molecule has 39 heavy (non-hydrogen) atoms. The molecule has 0 saturated heterocycles. The number of aryl methyl sites for hydroxylation is 2. The van der Waals surface area contributed by atoms with Crippen LogP contribution in [0.3, 0.4) is 0 Å². The molecule has 2 aromatic carbocycles. The van der Waals surface area contributed by atoms with Gasteiger partial charge in [0.25, 0.3) is 5.91 Å². The van der Waals surface area contributed by atoms with Crippen LogP contribution in [0.15, 0.2) is 45.6 Å². The number of fused-ring (bicyclic) bond motifs is 2. The summed E-state index contributed by atoms with van der Waals surface area (Å²) >= 11 is 1.02. The summed E-state index contributed by atoms with van der Waals surface area (Å²) in [6.07, 6.45) is 0. The first-order valence-electron chi connectivity index (χ1n) is 12.4. The Morgan fingerprint density at radius 3 is 2.56 bits per heavy atom. The fourth-order valence-corrected chi connectivity index (χ4v) is 5.61. The van der Waals surface area contributed by atoms with Gasteiger partial charge in [0.05, 0.1) is 43.5 Å². The summed E-state index contributed by atoms with van der Waals surface area (Å²) in [5, 5.41) is 0.621.